The Hall–Kier alpha value is -2.78. The monoisotopic (exact) mass is 452 g/mol. The van der Waals surface area contributed by atoms with Crippen molar-refractivity contribution in [3.8, 4) is 0 Å². The molecule has 31 heavy (non-hydrogen) atoms. The average Bonchev–Trinajstić information content (AvgIpc) is 3.45. The number of carbonyl (C=O) groups excluding carboxylic acids is 3. The van der Waals surface area contributed by atoms with Gasteiger partial charge in [0.1, 0.15) is 0 Å². The third kappa shape index (κ3) is 3.41. The molecule has 7 nitrogen and oxygen atoms in total. The van der Waals surface area contributed by atoms with Gasteiger partial charge in [-0.15, -0.1) is 11.3 Å². The molecule has 3 amide bonds. The maximum atomic E-state index is 13.7. The molecule has 2 fully saturated rings. The van der Waals surface area contributed by atoms with Gasteiger partial charge in [0.2, 0.25) is 11.0 Å². The highest BCUT2D eigenvalue weighted by molar-refractivity contribution is 8.18. The maximum absolute atomic E-state index is 13.7. The summed E-state index contributed by atoms with van der Waals surface area (Å²) in [6.45, 7) is 1.36. The molecule has 0 bridgehead atoms. The number of amides is 3. The molecule has 1 aromatic heterocycles. The van der Waals surface area contributed by atoms with Gasteiger partial charge in [0, 0.05) is 30.1 Å². The highest BCUT2D eigenvalue weighted by Gasteiger charge is 2.45. The molecule has 1 saturated carbocycles. The van der Waals surface area contributed by atoms with E-state index in [1.54, 1.807) is 29.3 Å². The number of amidine groups is 1. The van der Waals surface area contributed by atoms with Gasteiger partial charge in [-0.25, -0.2) is 9.88 Å². The van der Waals surface area contributed by atoms with Crippen LogP contribution in [0, 0.1) is 0 Å². The summed E-state index contributed by atoms with van der Waals surface area (Å²) >= 11 is 2.61. The van der Waals surface area contributed by atoms with Crippen LogP contribution in [0.5, 0.6) is 0 Å². The van der Waals surface area contributed by atoms with E-state index in [0.717, 1.165) is 37.0 Å². The molecule has 1 aliphatic carbocycles. The number of nitrogens with zero attached hydrogens (tertiary/aromatic N) is 4. The van der Waals surface area contributed by atoms with Gasteiger partial charge in [0.05, 0.1) is 16.2 Å². The Kier molecular flexibility index (Phi) is 5.23. The number of aromatic nitrogens is 1. The van der Waals surface area contributed by atoms with E-state index >= 15 is 0 Å². The molecule has 158 valence electrons. The molecule has 0 radical (unpaired) electrons. The van der Waals surface area contributed by atoms with Crippen molar-refractivity contribution < 1.29 is 14.4 Å². The number of benzene rings is 1. The fraction of sp³-hybridized carbons (Fsp3) is 0.318. The smallest absolute Gasteiger partial charge is 0.267 e. The number of thiazole rings is 1. The molecule has 1 aromatic carbocycles. The van der Waals surface area contributed by atoms with E-state index in [9.17, 15) is 14.4 Å². The van der Waals surface area contributed by atoms with Crippen LogP contribution in [-0.2, 0) is 14.4 Å². The van der Waals surface area contributed by atoms with Crippen LogP contribution < -0.4 is 4.90 Å². The highest BCUT2D eigenvalue weighted by atomic mass is 32.2. The van der Waals surface area contributed by atoms with E-state index in [2.05, 4.69) is 9.98 Å². The summed E-state index contributed by atoms with van der Waals surface area (Å²) in [4.78, 5) is 51.2. The van der Waals surface area contributed by atoms with E-state index in [-0.39, 0.29) is 23.4 Å². The molecule has 0 spiro atoms. The van der Waals surface area contributed by atoms with E-state index in [0.29, 0.717) is 26.5 Å². The van der Waals surface area contributed by atoms with Gasteiger partial charge in [0.25, 0.3) is 11.8 Å². The number of hydrogen-bond donors (Lipinski definition) is 0. The van der Waals surface area contributed by atoms with Crippen LogP contribution in [-0.4, -0.2) is 38.8 Å². The molecule has 0 N–H and O–H groups in total. The lowest BCUT2D eigenvalue weighted by Crippen LogP contribution is -2.40. The Balaban J connectivity index is 1.64. The SMILES string of the molecule is CC(=O)N1C(=O)/C(=C2\S/C(=N/c3nccs3)N(C3CCCCC3)C2=O)c2ccccc21. The van der Waals surface area contributed by atoms with Crippen LogP contribution in [0.2, 0.25) is 0 Å². The number of carbonyl (C=O) groups is 3. The van der Waals surface area contributed by atoms with Crippen LogP contribution >= 0.6 is 23.1 Å². The Morgan fingerprint density at radius 2 is 1.90 bits per heavy atom. The van der Waals surface area contributed by atoms with Crippen molar-refractivity contribution in [2.24, 2.45) is 4.99 Å². The summed E-state index contributed by atoms with van der Waals surface area (Å²) in [6.07, 6.45) is 6.80. The minimum Gasteiger partial charge on any atom is -0.283 e. The number of imide groups is 1. The third-order valence-electron chi connectivity index (χ3n) is 5.74. The quantitative estimate of drug-likeness (QED) is 0.633. The minimum absolute atomic E-state index is 0.0567. The van der Waals surface area contributed by atoms with Gasteiger partial charge in [0.15, 0.2) is 5.17 Å². The fourth-order valence-electron chi connectivity index (χ4n) is 4.38. The van der Waals surface area contributed by atoms with Crippen LogP contribution in [0.15, 0.2) is 45.7 Å². The van der Waals surface area contributed by atoms with Crippen molar-refractivity contribution in [2.45, 2.75) is 45.1 Å². The summed E-state index contributed by atoms with van der Waals surface area (Å²) in [6, 6.07) is 7.16. The van der Waals surface area contributed by atoms with Gasteiger partial charge in [-0.1, -0.05) is 37.5 Å². The summed E-state index contributed by atoms with van der Waals surface area (Å²) in [7, 11) is 0. The molecule has 3 aliphatic rings. The number of hydrogen-bond acceptors (Lipinski definition) is 7. The predicted molar refractivity (Wildman–Crippen MR) is 122 cm³/mol. The molecule has 1 saturated heterocycles. The zero-order valence-corrected chi connectivity index (χ0v) is 18.5. The first-order valence-corrected chi connectivity index (χ1v) is 11.9. The molecule has 2 aliphatic heterocycles. The largest absolute Gasteiger partial charge is 0.283 e. The average molecular weight is 453 g/mol. The van der Waals surface area contributed by atoms with E-state index in [1.165, 1.54) is 30.0 Å². The second-order valence-electron chi connectivity index (χ2n) is 7.66. The molecule has 9 heteroatoms. The normalized spacial score (nSPS) is 23.2. The first kappa shape index (κ1) is 20.1. The van der Waals surface area contributed by atoms with Crippen molar-refractivity contribution in [1.82, 2.24) is 9.88 Å². The lowest BCUT2D eigenvalue weighted by atomic mass is 9.94. The van der Waals surface area contributed by atoms with Gasteiger partial charge < -0.3 is 0 Å². The number of aliphatic imine (C=N–C) groups is 1. The molecule has 0 atom stereocenters. The lowest BCUT2D eigenvalue weighted by molar-refractivity contribution is -0.125. The first-order valence-electron chi connectivity index (χ1n) is 10.2. The second-order valence-corrected chi connectivity index (χ2v) is 9.51. The van der Waals surface area contributed by atoms with Crippen LogP contribution in [0.25, 0.3) is 5.57 Å². The van der Waals surface area contributed by atoms with E-state index in [1.807, 2.05) is 11.4 Å². The van der Waals surface area contributed by atoms with Gasteiger partial charge in [-0.05, 0) is 30.7 Å². The minimum atomic E-state index is -0.455. The molecular formula is C22H20N4O3S2. The second kappa shape index (κ2) is 8.05. The Morgan fingerprint density at radius 1 is 1.13 bits per heavy atom. The summed E-state index contributed by atoms with van der Waals surface area (Å²) in [5.41, 5.74) is 1.41. The van der Waals surface area contributed by atoms with E-state index < -0.39 is 5.91 Å². The fourth-order valence-corrected chi connectivity index (χ4v) is 6.07. The predicted octanol–water partition coefficient (Wildman–Crippen LogP) is 4.34. The van der Waals surface area contributed by atoms with Crippen LogP contribution in [0.1, 0.15) is 44.6 Å². The van der Waals surface area contributed by atoms with Crippen molar-refractivity contribution in [3.05, 3.63) is 46.3 Å². The summed E-state index contributed by atoms with van der Waals surface area (Å²) in [5.74, 6) is -1.04. The number of para-hydroxylation sites is 1. The van der Waals surface area contributed by atoms with Gasteiger partial charge >= 0.3 is 0 Å². The first-order chi connectivity index (χ1) is 15.1. The Labute approximate surface area is 187 Å². The molecule has 5 rings (SSSR count). The standard InChI is InChI=1S/C22H20N4O3S2/c1-13(27)25-16-10-6-5-9-15(16)17(19(25)28)18-20(29)26(14-7-3-2-4-8-14)22(31-18)24-21-23-11-12-30-21/h5-6,9-12,14H,2-4,7-8H2,1H3/b18-17-,24-22+. The molecule has 2 aromatic rings. The Morgan fingerprint density at radius 3 is 2.61 bits per heavy atom. The molecule has 3 heterocycles. The number of rotatable bonds is 2. The summed E-state index contributed by atoms with van der Waals surface area (Å²) < 4.78 is 0. The zero-order chi connectivity index (χ0) is 21.5. The van der Waals surface area contributed by atoms with Gasteiger partial charge in [-0.3, -0.25) is 19.3 Å². The number of thioether (sulfide) groups is 1. The molecular weight excluding hydrogens is 432 g/mol. The topological polar surface area (TPSA) is 82.9 Å². The van der Waals surface area contributed by atoms with Crippen molar-refractivity contribution >= 4 is 62.4 Å². The zero-order valence-electron chi connectivity index (χ0n) is 16.9. The van der Waals surface area contributed by atoms with E-state index in [4.69, 9.17) is 0 Å². The molecule has 0 unspecified atom stereocenters. The van der Waals surface area contributed by atoms with Gasteiger partial charge in [-0.2, -0.15) is 4.99 Å². The van der Waals surface area contributed by atoms with Crippen LogP contribution in [0.4, 0.5) is 10.8 Å². The van der Waals surface area contributed by atoms with Crippen LogP contribution in [0.3, 0.4) is 0 Å². The highest BCUT2D eigenvalue weighted by Crippen LogP contribution is 2.46. The summed E-state index contributed by atoms with van der Waals surface area (Å²) in [5, 5.41) is 2.97. The Bertz CT molecular complexity index is 1130. The lowest BCUT2D eigenvalue weighted by Gasteiger charge is -2.30. The number of fused-ring (bicyclic) bond motifs is 1. The maximum Gasteiger partial charge on any atom is 0.267 e. The van der Waals surface area contributed by atoms with Crippen molar-refractivity contribution in [2.75, 3.05) is 4.90 Å². The third-order valence-corrected chi connectivity index (χ3v) is 7.45. The van der Waals surface area contributed by atoms with Crippen molar-refractivity contribution in [3.63, 3.8) is 0 Å². The number of anilines is 1. The van der Waals surface area contributed by atoms with Crippen molar-refractivity contribution in [1.29, 1.82) is 0 Å².